The summed E-state index contributed by atoms with van der Waals surface area (Å²) in [4.78, 5) is 29.4. The van der Waals surface area contributed by atoms with E-state index in [1.54, 1.807) is 30.9 Å². The van der Waals surface area contributed by atoms with Crippen LogP contribution in [0.3, 0.4) is 0 Å². The molecule has 0 amide bonds. The number of rotatable bonds is 4. The van der Waals surface area contributed by atoms with Crippen LogP contribution in [0.1, 0.15) is 17.7 Å². The zero-order valence-corrected chi connectivity index (χ0v) is 10.7. The fourth-order valence-electron chi connectivity index (χ4n) is 1.80. The maximum absolute atomic E-state index is 11.9. The molecule has 2 rings (SSSR count). The van der Waals surface area contributed by atoms with Gasteiger partial charge in [0.1, 0.15) is 5.69 Å². The van der Waals surface area contributed by atoms with E-state index in [9.17, 15) is 9.59 Å². The lowest BCUT2D eigenvalue weighted by atomic mass is 10.1. The Balaban J connectivity index is 2.36. The van der Waals surface area contributed by atoms with Crippen LogP contribution in [-0.4, -0.2) is 30.8 Å². The average Bonchev–Trinajstić information content (AvgIpc) is 2.74. The number of aryl methyl sites for hydroxylation is 2. The quantitative estimate of drug-likeness (QED) is 0.835. The van der Waals surface area contributed by atoms with Gasteiger partial charge in [-0.15, -0.1) is 0 Å². The fourth-order valence-corrected chi connectivity index (χ4v) is 1.80. The molecule has 7 heteroatoms. The molecule has 0 aromatic carbocycles. The summed E-state index contributed by atoms with van der Waals surface area (Å²) in [5.74, 6) is -0.547. The molecule has 2 N–H and O–H groups in total. The van der Waals surface area contributed by atoms with E-state index in [2.05, 4.69) is 15.1 Å². The molecule has 0 unspecified atom stereocenters. The zero-order valence-electron chi connectivity index (χ0n) is 10.7. The lowest BCUT2D eigenvalue weighted by molar-refractivity contribution is -0.136. The molecule has 0 saturated heterocycles. The van der Waals surface area contributed by atoms with Gasteiger partial charge in [-0.25, -0.2) is 4.98 Å². The van der Waals surface area contributed by atoms with Crippen molar-refractivity contribution in [2.75, 3.05) is 0 Å². The second-order valence-corrected chi connectivity index (χ2v) is 4.25. The average molecular weight is 262 g/mol. The first-order valence-electron chi connectivity index (χ1n) is 5.79. The van der Waals surface area contributed by atoms with Gasteiger partial charge in [0.05, 0.1) is 0 Å². The maximum atomic E-state index is 11.9. The predicted molar refractivity (Wildman–Crippen MR) is 67.8 cm³/mol. The number of aromatic nitrogens is 4. The summed E-state index contributed by atoms with van der Waals surface area (Å²) in [7, 11) is 1.77. The Morgan fingerprint density at radius 3 is 2.79 bits per heavy atom. The number of carboxylic acid groups (broad SMARTS) is 1. The summed E-state index contributed by atoms with van der Waals surface area (Å²) in [5, 5.41) is 12.8. The molecule has 7 nitrogen and oxygen atoms in total. The van der Waals surface area contributed by atoms with Crippen LogP contribution < -0.4 is 5.56 Å². The highest BCUT2D eigenvalue weighted by atomic mass is 16.4. The predicted octanol–water partition coefficient (Wildman–Crippen LogP) is 0.496. The molecule has 0 saturated carbocycles. The molecule has 0 spiro atoms. The summed E-state index contributed by atoms with van der Waals surface area (Å²) in [6, 6.07) is 1.74. The Hall–Kier alpha value is -2.44. The third-order valence-electron chi connectivity index (χ3n) is 2.77. The van der Waals surface area contributed by atoms with Gasteiger partial charge in [-0.05, 0) is 19.4 Å². The van der Waals surface area contributed by atoms with Gasteiger partial charge in [-0.3, -0.25) is 14.3 Å². The van der Waals surface area contributed by atoms with Gasteiger partial charge >= 0.3 is 5.97 Å². The first-order chi connectivity index (χ1) is 8.97. The normalized spacial score (nSPS) is 10.6. The topological polar surface area (TPSA) is 101 Å². The van der Waals surface area contributed by atoms with Crippen molar-refractivity contribution in [2.24, 2.45) is 7.05 Å². The second-order valence-electron chi connectivity index (χ2n) is 4.25. The Bertz CT molecular complexity index is 672. The zero-order chi connectivity index (χ0) is 14.0. The lowest BCUT2D eigenvalue weighted by Gasteiger charge is -2.04. The molecule has 0 radical (unpaired) electrons. The Kier molecular flexibility index (Phi) is 3.46. The van der Waals surface area contributed by atoms with E-state index in [1.165, 1.54) is 0 Å². The van der Waals surface area contributed by atoms with E-state index < -0.39 is 5.97 Å². The molecule has 2 aromatic heterocycles. The molecule has 2 heterocycles. The standard InChI is InChI=1S/C12H14N4O3/c1-7-8(3-4-10(17)18)12(19)14-11(13-7)9-5-6-16(2)15-9/h5-6H,3-4H2,1-2H3,(H,17,18)(H,13,14,19). The number of aromatic amines is 1. The number of nitrogens with one attached hydrogen (secondary N) is 1. The molecular formula is C12H14N4O3. The highest BCUT2D eigenvalue weighted by Crippen LogP contribution is 2.12. The number of H-pyrrole nitrogens is 1. The highest BCUT2D eigenvalue weighted by Gasteiger charge is 2.12. The van der Waals surface area contributed by atoms with Crippen LogP contribution in [0.4, 0.5) is 0 Å². The van der Waals surface area contributed by atoms with Gasteiger partial charge in [0.25, 0.3) is 5.56 Å². The lowest BCUT2D eigenvalue weighted by Crippen LogP contribution is -2.18. The number of carboxylic acids is 1. The second kappa shape index (κ2) is 5.05. The van der Waals surface area contributed by atoms with Crippen molar-refractivity contribution in [2.45, 2.75) is 19.8 Å². The van der Waals surface area contributed by atoms with E-state index in [-0.39, 0.29) is 18.4 Å². The number of carbonyl (C=O) groups is 1. The van der Waals surface area contributed by atoms with Crippen molar-refractivity contribution in [1.29, 1.82) is 0 Å². The monoisotopic (exact) mass is 262 g/mol. The van der Waals surface area contributed by atoms with Gasteiger partial charge in [-0.1, -0.05) is 0 Å². The van der Waals surface area contributed by atoms with Gasteiger partial charge in [0, 0.05) is 30.9 Å². The molecule has 0 bridgehead atoms. The van der Waals surface area contributed by atoms with Crippen LogP contribution in [0, 0.1) is 6.92 Å². The Morgan fingerprint density at radius 1 is 1.53 bits per heavy atom. The summed E-state index contributed by atoms with van der Waals surface area (Å²) in [6.07, 6.45) is 1.84. The van der Waals surface area contributed by atoms with Crippen LogP contribution in [0.15, 0.2) is 17.1 Å². The Morgan fingerprint density at radius 2 is 2.26 bits per heavy atom. The maximum Gasteiger partial charge on any atom is 0.303 e. The minimum Gasteiger partial charge on any atom is -0.481 e. The number of hydrogen-bond donors (Lipinski definition) is 2. The number of nitrogens with zero attached hydrogens (tertiary/aromatic N) is 3. The van der Waals surface area contributed by atoms with Crippen molar-refractivity contribution in [1.82, 2.24) is 19.7 Å². The minimum absolute atomic E-state index is 0.0888. The van der Waals surface area contributed by atoms with Crippen molar-refractivity contribution < 1.29 is 9.90 Å². The summed E-state index contributed by atoms with van der Waals surface area (Å²) in [5.41, 5.74) is 1.20. The fraction of sp³-hybridized carbons (Fsp3) is 0.333. The first kappa shape index (κ1) is 13.0. The molecule has 100 valence electrons. The summed E-state index contributed by atoms with van der Waals surface area (Å²) < 4.78 is 1.61. The van der Waals surface area contributed by atoms with E-state index in [4.69, 9.17) is 5.11 Å². The molecule has 0 aliphatic heterocycles. The van der Waals surface area contributed by atoms with Crippen molar-refractivity contribution >= 4 is 5.97 Å². The smallest absolute Gasteiger partial charge is 0.303 e. The van der Waals surface area contributed by atoms with E-state index in [0.29, 0.717) is 22.8 Å². The Labute approximate surface area is 108 Å². The van der Waals surface area contributed by atoms with Crippen LogP contribution in [0.2, 0.25) is 0 Å². The molecule has 0 fully saturated rings. The third kappa shape index (κ3) is 2.87. The van der Waals surface area contributed by atoms with Crippen molar-refractivity contribution in [3.05, 3.63) is 33.9 Å². The van der Waals surface area contributed by atoms with Crippen LogP contribution in [-0.2, 0) is 18.3 Å². The van der Waals surface area contributed by atoms with Gasteiger partial charge in [0.2, 0.25) is 0 Å². The van der Waals surface area contributed by atoms with Gasteiger partial charge in [-0.2, -0.15) is 5.10 Å². The number of hydrogen-bond acceptors (Lipinski definition) is 4. The van der Waals surface area contributed by atoms with Crippen LogP contribution >= 0.6 is 0 Å². The van der Waals surface area contributed by atoms with Gasteiger partial charge in [0.15, 0.2) is 5.82 Å². The largest absolute Gasteiger partial charge is 0.481 e. The molecule has 0 atom stereocenters. The summed E-state index contributed by atoms with van der Waals surface area (Å²) in [6.45, 7) is 1.69. The number of aliphatic carboxylic acids is 1. The van der Waals surface area contributed by atoms with Crippen molar-refractivity contribution in [3.63, 3.8) is 0 Å². The molecule has 2 aromatic rings. The SMILES string of the molecule is Cc1nc(-c2ccn(C)n2)[nH]c(=O)c1CCC(=O)O. The molecule has 0 aliphatic rings. The van der Waals surface area contributed by atoms with E-state index in [0.717, 1.165) is 0 Å². The van der Waals surface area contributed by atoms with E-state index >= 15 is 0 Å². The molecule has 0 aliphatic carbocycles. The molecular weight excluding hydrogens is 248 g/mol. The highest BCUT2D eigenvalue weighted by molar-refractivity contribution is 5.67. The van der Waals surface area contributed by atoms with Gasteiger partial charge < -0.3 is 10.1 Å². The minimum atomic E-state index is -0.937. The summed E-state index contributed by atoms with van der Waals surface area (Å²) >= 11 is 0. The van der Waals surface area contributed by atoms with E-state index in [1.807, 2.05) is 0 Å². The molecule has 19 heavy (non-hydrogen) atoms. The van der Waals surface area contributed by atoms with Crippen LogP contribution in [0.5, 0.6) is 0 Å². The first-order valence-corrected chi connectivity index (χ1v) is 5.79. The van der Waals surface area contributed by atoms with Crippen molar-refractivity contribution in [3.8, 4) is 11.5 Å². The van der Waals surface area contributed by atoms with Crippen LogP contribution in [0.25, 0.3) is 11.5 Å². The third-order valence-corrected chi connectivity index (χ3v) is 2.77.